The van der Waals surface area contributed by atoms with Crippen LogP contribution in [0.3, 0.4) is 0 Å². The normalized spacial score (nSPS) is 10.7. The van der Waals surface area contributed by atoms with E-state index in [-0.39, 0.29) is 25.5 Å². The Labute approximate surface area is 189 Å². The van der Waals surface area contributed by atoms with E-state index in [1.54, 1.807) is 12.1 Å². The van der Waals surface area contributed by atoms with Crippen molar-refractivity contribution in [3.63, 3.8) is 0 Å². The fraction of sp³-hybridized carbons (Fsp3) is 0.167. The maximum Gasteiger partial charge on any atom is 0.309 e. The third-order valence-corrected chi connectivity index (χ3v) is 4.83. The average molecular weight is 447 g/mol. The highest BCUT2D eigenvalue weighted by molar-refractivity contribution is 6.35. The number of benzene rings is 3. The quantitative estimate of drug-likeness (QED) is 0.319. The molecule has 33 heavy (non-hydrogen) atoms. The fourth-order valence-electron chi connectivity index (χ4n) is 3.28. The lowest BCUT2D eigenvalue weighted by Gasteiger charge is -2.10. The van der Waals surface area contributed by atoms with Crippen LogP contribution in [0.5, 0.6) is 5.75 Å². The van der Waals surface area contributed by atoms with Gasteiger partial charge in [0.05, 0.1) is 19.6 Å². The second kappa shape index (κ2) is 10.4. The van der Waals surface area contributed by atoms with Crippen molar-refractivity contribution >= 4 is 22.6 Å². The molecule has 2 amide bonds. The Morgan fingerprint density at radius 1 is 0.970 bits per heavy atom. The minimum absolute atomic E-state index is 0.00505. The molecule has 0 aliphatic heterocycles. The first kappa shape index (κ1) is 21.9. The number of carbonyl (C=O) groups is 2. The summed E-state index contributed by atoms with van der Waals surface area (Å²) in [7, 11) is 0. The minimum Gasteiger partial charge on any atom is -0.491 e. The summed E-state index contributed by atoms with van der Waals surface area (Å²) in [6.45, 7) is 0.736. The molecular weight excluding hydrogens is 425 g/mol. The first-order valence-corrected chi connectivity index (χ1v) is 10.4. The lowest BCUT2D eigenvalue weighted by atomic mass is 10.1. The van der Waals surface area contributed by atoms with Gasteiger partial charge in [-0.05, 0) is 29.1 Å². The van der Waals surface area contributed by atoms with E-state index in [4.69, 9.17) is 4.74 Å². The van der Waals surface area contributed by atoms with Gasteiger partial charge in [0, 0.05) is 5.39 Å². The Kier molecular flexibility index (Phi) is 6.89. The van der Waals surface area contributed by atoms with Crippen LogP contribution in [-0.2, 0) is 22.7 Å². The monoisotopic (exact) mass is 447 g/mol. The van der Waals surface area contributed by atoms with Crippen LogP contribution in [-0.4, -0.2) is 39.7 Å². The molecular formula is C24H22FN5O3. The van der Waals surface area contributed by atoms with Gasteiger partial charge >= 0.3 is 11.8 Å². The number of halogens is 1. The summed E-state index contributed by atoms with van der Waals surface area (Å²) < 4.78 is 20.6. The number of carbonyl (C=O) groups excluding carboxylic acids is 2. The van der Waals surface area contributed by atoms with Crippen molar-refractivity contribution in [1.29, 1.82) is 0 Å². The highest BCUT2D eigenvalue weighted by Crippen LogP contribution is 2.24. The summed E-state index contributed by atoms with van der Waals surface area (Å²) in [6, 6.07) is 19.8. The molecule has 0 unspecified atom stereocenters. The summed E-state index contributed by atoms with van der Waals surface area (Å²) in [4.78, 5) is 28.1. The molecule has 0 aliphatic carbocycles. The molecule has 8 nitrogen and oxygen atoms in total. The molecule has 4 aromatic rings. The standard InChI is InChI=1S/C24H22FN5O3/c25-19-8-3-5-17(13-19)15-30-16-28-22(29-30)14-27-24(32)23(31)26-11-12-33-21-10-4-7-18-6-1-2-9-20(18)21/h1-10,13,16H,11-12,14-15H2,(H,26,31)(H,27,32). The zero-order valence-electron chi connectivity index (χ0n) is 17.7. The summed E-state index contributed by atoms with van der Waals surface area (Å²) in [6.07, 6.45) is 1.48. The molecule has 0 aliphatic rings. The van der Waals surface area contributed by atoms with Crippen LogP contribution in [0.1, 0.15) is 11.4 Å². The second-order valence-electron chi connectivity index (χ2n) is 7.25. The maximum absolute atomic E-state index is 13.3. The Morgan fingerprint density at radius 3 is 2.64 bits per heavy atom. The molecule has 0 saturated carbocycles. The fourth-order valence-corrected chi connectivity index (χ4v) is 3.28. The predicted octanol–water partition coefficient (Wildman–Crippen LogP) is 2.43. The van der Waals surface area contributed by atoms with Crippen LogP contribution in [0.2, 0.25) is 0 Å². The predicted molar refractivity (Wildman–Crippen MR) is 120 cm³/mol. The van der Waals surface area contributed by atoms with Crippen LogP contribution in [0.15, 0.2) is 73.1 Å². The molecule has 168 valence electrons. The van der Waals surface area contributed by atoms with Crippen molar-refractivity contribution in [1.82, 2.24) is 25.4 Å². The van der Waals surface area contributed by atoms with E-state index in [1.807, 2.05) is 42.5 Å². The van der Waals surface area contributed by atoms with Gasteiger partial charge in [-0.25, -0.2) is 14.1 Å². The van der Waals surface area contributed by atoms with Gasteiger partial charge < -0.3 is 15.4 Å². The molecule has 0 fully saturated rings. The van der Waals surface area contributed by atoms with Crippen LogP contribution in [0.25, 0.3) is 10.8 Å². The van der Waals surface area contributed by atoms with Gasteiger partial charge in [-0.3, -0.25) is 9.59 Å². The van der Waals surface area contributed by atoms with E-state index >= 15 is 0 Å². The molecule has 4 rings (SSSR count). The van der Waals surface area contributed by atoms with E-state index in [0.717, 1.165) is 16.3 Å². The van der Waals surface area contributed by atoms with Crippen LogP contribution in [0.4, 0.5) is 4.39 Å². The van der Waals surface area contributed by atoms with Crippen LogP contribution >= 0.6 is 0 Å². The van der Waals surface area contributed by atoms with E-state index in [9.17, 15) is 14.0 Å². The lowest BCUT2D eigenvalue weighted by molar-refractivity contribution is -0.139. The van der Waals surface area contributed by atoms with Crippen molar-refractivity contribution in [2.45, 2.75) is 13.1 Å². The number of nitrogens with zero attached hydrogens (tertiary/aromatic N) is 3. The van der Waals surface area contributed by atoms with Gasteiger partial charge in [0.25, 0.3) is 0 Å². The largest absolute Gasteiger partial charge is 0.491 e. The molecule has 0 radical (unpaired) electrons. The number of aromatic nitrogens is 3. The van der Waals surface area contributed by atoms with Crippen molar-refractivity contribution in [3.05, 3.63) is 90.3 Å². The zero-order chi connectivity index (χ0) is 23.0. The number of nitrogens with one attached hydrogen (secondary N) is 2. The summed E-state index contributed by atoms with van der Waals surface area (Å²) in [5, 5.41) is 11.3. The second-order valence-corrected chi connectivity index (χ2v) is 7.25. The van der Waals surface area contributed by atoms with Gasteiger partial charge in [-0.1, -0.05) is 48.5 Å². The Balaban J connectivity index is 1.19. The molecule has 9 heteroatoms. The van der Waals surface area contributed by atoms with E-state index in [0.29, 0.717) is 18.1 Å². The Morgan fingerprint density at radius 2 is 1.76 bits per heavy atom. The molecule has 1 heterocycles. The molecule has 0 saturated heterocycles. The van der Waals surface area contributed by atoms with Crippen LogP contribution < -0.4 is 15.4 Å². The van der Waals surface area contributed by atoms with Crippen molar-refractivity contribution in [3.8, 4) is 5.75 Å². The van der Waals surface area contributed by atoms with E-state index in [1.165, 1.54) is 23.1 Å². The summed E-state index contributed by atoms with van der Waals surface area (Å²) in [5.41, 5.74) is 0.737. The number of fused-ring (bicyclic) bond motifs is 1. The van der Waals surface area contributed by atoms with Crippen molar-refractivity contribution in [2.24, 2.45) is 0 Å². The smallest absolute Gasteiger partial charge is 0.309 e. The van der Waals surface area contributed by atoms with Gasteiger partial charge in [-0.15, -0.1) is 0 Å². The molecule has 2 N–H and O–H groups in total. The number of hydrogen-bond acceptors (Lipinski definition) is 5. The first-order chi connectivity index (χ1) is 16.1. The minimum atomic E-state index is -0.790. The Hall–Kier alpha value is -4.27. The number of rotatable bonds is 8. The number of amides is 2. The molecule has 1 aromatic heterocycles. The van der Waals surface area contributed by atoms with Crippen molar-refractivity contribution in [2.75, 3.05) is 13.2 Å². The third-order valence-electron chi connectivity index (χ3n) is 4.83. The molecule has 0 atom stereocenters. The number of hydrogen-bond donors (Lipinski definition) is 2. The third kappa shape index (κ3) is 5.91. The van der Waals surface area contributed by atoms with Gasteiger partial charge in [0.2, 0.25) is 0 Å². The topological polar surface area (TPSA) is 98.1 Å². The molecule has 0 bridgehead atoms. The molecule has 0 spiro atoms. The lowest BCUT2D eigenvalue weighted by Crippen LogP contribution is -2.41. The maximum atomic E-state index is 13.3. The van der Waals surface area contributed by atoms with E-state index in [2.05, 4.69) is 20.7 Å². The summed E-state index contributed by atoms with van der Waals surface area (Å²) >= 11 is 0. The number of ether oxygens (including phenoxy) is 1. The van der Waals surface area contributed by atoms with Gasteiger partial charge in [-0.2, -0.15) is 5.10 Å². The van der Waals surface area contributed by atoms with Gasteiger partial charge in [0.15, 0.2) is 5.82 Å². The SMILES string of the molecule is O=C(NCCOc1cccc2ccccc12)C(=O)NCc1ncn(Cc2cccc(F)c2)n1. The van der Waals surface area contributed by atoms with Crippen molar-refractivity contribution < 1.29 is 18.7 Å². The highest BCUT2D eigenvalue weighted by atomic mass is 19.1. The van der Waals surface area contributed by atoms with Crippen LogP contribution in [0, 0.1) is 5.82 Å². The average Bonchev–Trinajstić information content (AvgIpc) is 3.27. The zero-order valence-corrected chi connectivity index (χ0v) is 17.7. The highest BCUT2D eigenvalue weighted by Gasteiger charge is 2.14. The molecule has 3 aromatic carbocycles. The van der Waals surface area contributed by atoms with Gasteiger partial charge in [0.1, 0.15) is 24.5 Å². The van der Waals surface area contributed by atoms with E-state index < -0.39 is 11.8 Å². The summed E-state index contributed by atoms with van der Waals surface area (Å²) in [5.74, 6) is -0.829. The Bertz CT molecular complexity index is 1270. The first-order valence-electron chi connectivity index (χ1n) is 10.4.